The molecular formula is C8H7NO3S. The highest BCUT2D eigenvalue weighted by molar-refractivity contribution is 7.08. The lowest BCUT2D eigenvalue weighted by Gasteiger charge is -1.95. The number of carbonyl (C=O) groups is 2. The molecule has 1 rings (SSSR count). The van der Waals surface area contributed by atoms with Gasteiger partial charge in [-0.2, -0.15) is 11.3 Å². The first-order chi connectivity index (χ1) is 6.18. The van der Waals surface area contributed by atoms with Gasteiger partial charge in [-0.3, -0.25) is 4.79 Å². The minimum absolute atomic E-state index is 0.444. The van der Waals surface area contributed by atoms with Gasteiger partial charge in [0.25, 0.3) is 0 Å². The fourth-order valence-corrected chi connectivity index (χ4v) is 1.25. The van der Waals surface area contributed by atoms with Gasteiger partial charge in [-0.1, -0.05) is 0 Å². The fourth-order valence-electron chi connectivity index (χ4n) is 0.666. The van der Waals surface area contributed by atoms with Crippen LogP contribution in [0.25, 0.3) is 0 Å². The van der Waals surface area contributed by atoms with Crippen LogP contribution in [0.4, 0.5) is 5.69 Å². The molecule has 1 heterocycles. The van der Waals surface area contributed by atoms with Crippen LogP contribution in [-0.4, -0.2) is 17.0 Å². The van der Waals surface area contributed by atoms with E-state index < -0.39 is 11.9 Å². The van der Waals surface area contributed by atoms with Gasteiger partial charge in [0.15, 0.2) is 0 Å². The summed E-state index contributed by atoms with van der Waals surface area (Å²) < 4.78 is 0. The van der Waals surface area contributed by atoms with Crippen LogP contribution in [-0.2, 0) is 9.59 Å². The predicted molar refractivity (Wildman–Crippen MR) is 49.7 cm³/mol. The highest BCUT2D eigenvalue weighted by Crippen LogP contribution is 2.11. The number of amides is 1. The molecule has 0 aliphatic rings. The van der Waals surface area contributed by atoms with Crippen LogP contribution in [0.15, 0.2) is 29.0 Å². The summed E-state index contributed by atoms with van der Waals surface area (Å²) in [6.07, 6.45) is 1.77. The summed E-state index contributed by atoms with van der Waals surface area (Å²) in [6.45, 7) is 0. The van der Waals surface area contributed by atoms with Gasteiger partial charge in [0.2, 0.25) is 5.91 Å². The Hall–Kier alpha value is -1.62. The van der Waals surface area contributed by atoms with Crippen molar-refractivity contribution in [1.29, 1.82) is 0 Å². The Morgan fingerprint density at radius 3 is 2.77 bits per heavy atom. The smallest absolute Gasteiger partial charge is 0.328 e. The monoisotopic (exact) mass is 197 g/mol. The van der Waals surface area contributed by atoms with Crippen molar-refractivity contribution in [3.05, 3.63) is 29.0 Å². The molecule has 0 fully saturated rings. The molecule has 0 atom stereocenters. The van der Waals surface area contributed by atoms with Gasteiger partial charge in [0, 0.05) is 17.5 Å². The van der Waals surface area contributed by atoms with Gasteiger partial charge in [-0.25, -0.2) is 4.79 Å². The van der Waals surface area contributed by atoms with Crippen LogP contribution in [0, 0.1) is 0 Å². The Morgan fingerprint density at radius 1 is 1.46 bits per heavy atom. The van der Waals surface area contributed by atoms with E-state index in [2.05, 4.69) is 5.32 Å². The van der Waals surface area contributed by atoms with Crippen molar-refractivity contribution in [2.45, 2.75) is 0 Å². The van der Waals surface area contributed by atoms with Crippen LogP contribution in [0.3, 0.4) is 0 Å². The van der Waals surface area contributed by atoms with E-state index in [0.29, 0.717) is 5.69 Å². The molecule has 0 aliphatic heterocycles. The zero-order chi connectivity index (χ0) is 9.68. The van der Waals surface area contributed by atoms with Crippen LogP contribution in [0.1, 0.15) is 0 Å². The Labute approximate surface area is 78.5 Å². The number of rotatable bonds is 3. The number of carbonyl (C=O) groups excluding carboxylic acids is 1. The molecule has 0 spiro atoms. The molecule has 0 unspecified atom stereocenters. The van der Waals surface area contributed by atoms with E-state index in [1.807, 2.05) is 5.38 Å². The van der Waals surface area contributed by atoms with E-state index in [0.717, 1.165) is 12.2 Å². The molecule has 1 aromatic rings. The standard InChI is InChI=1S/C8H7NO3S/c10-7(1-2-8(11)12)9-6-3-4-13-5-6/h1-5H,(H,9,10)(H,11,12)/b2-1-. The lowest BCUT2D eigenvalue weighted by molar-refractivity contribution is -0.131. The maximum absolute atomic E-state index is 11.0. The summed E-state index contributed by atoms with van der Waals surface area (Å²) in [7, 11) is 0. The first kappa shape index (κ1) is 9.47. The summed E-state index contributed by atoms with van der Waals surface area (Å²) in [5.74, 6) is -1.58. The van der Waals surface area contributed by atoms with E-state index in [1.165, 1.54) is 11.3 Å². The largest absolute Gasteiger partial charge is 0.478 e. The summed E-state index contributed by atoms with van der Waals surface area (Å²) in [4.78, 5) is 21.0. The first-order valence-corrected chi connectivity index (χ1v) is 4.37. The zero-order valence-corrected chi connectivity index (χ0v) is 7.38. The minimum atomic E-state index is -1.14. The number of carboxylic acid groups (broad SMARTS) is 1. The van der Waals surface area contributed by atoms with Gasteiger partial charge < -0.3 is 10.4 Å². The van der Waals surface area contributed by atoms with Crippen LogP contribution in [0.2, 0.25) is 0 Å². The minimum Gasteiger partial charge on any atom is -0.478 e. The average molecular weight is 197 g/mol. The SMILES string of the molecule is O=C(O)/C=C\C(=O)Nc1ccsc1. The van der Waals surface area contributed by atoms with Crippen LogP contribution in [0.5, 0.6) is 0 Å². The van der Waals surface area contributed by atoms with E-state index in [4.69, 9.17) is 5.11 Å². The third kappa shape index (κ3) is 3.53. The molecule has 0 saturated heterocycles. The molecule has 0 aliphatic carbocycles. The van der Waals surface area contributed by atoms with E-state index in [1.54, 1.807) is 11.4 Å². The zero-order valence-electron chi connectivity index (χ0n) is 6.56. The molecule has 4 nitrogen and oxygen atoms in total. The second kappa shape index (κ2) is 4.42. The molecule has 1 amide bonds. The summed E-state index contributed by atoms with van der Waals surface area (Å²) >= 11 is 1.45. The van der Waals surface area contributed by atoms with Crippen molar-refractivity contribution in [3.63, 3.8) is 0 Å². The van der Waals surface area contributed by atoms with Gasteiger partial charge in [0.1, 0.15) is 0 Å². The normalized spacial score (nSPS) is 10.2. The van der Waals surface area contributed by atoms with Crippen molar-refractivity contribution >= 4 is 28.9 Å². The van der Waals surface area contributed by atoms with E-state index in [-0.39, 0.29) is 0 Å². The number of nitrogens with one attached hydrogen (secondary N) is 1. The average Bonchev–Trinajstić information content (AvgIpc) is 2.53. The second-order valence-corrected chi connectivity index (χ2v) is 2.95. The highest BCUT2D eigenvalue weighted by atomic mass is 32.1. The Morgan fingerprint density at radius 2 is 2.23 bits per heavy atom. The summed E-state index contributed by atoms with van der Waals surface area (Å²) in [5.41, 5.74) is 0.671. The molecule has 13 heavy (non-hydrogen) atoms. The maximum atomic E-state index is 11.0. The van der Waals surface area contributed by atoms with Crippen molar-refractivity contribution < 1.29 is 14.7 Å². The number of hydrogen-bond donors (Lipinski definition) is 2. The molecule has 0 radical (unpaired) electrons. The fraction of sp³-hybridized carbons (Fsp3) is 0. The molecule has 0 aromatic carbocycles. The topological polar surface area (TPSA) is 66.4 Å². The number of aliphatic carboxylic acids is 1. The van der Waals surface area contributed by atoms with Crippen molar-refractivity contribution in [3.8, 4) is 0 Å². The molecule has 0 bridgehead atoms. The number of anilines is 1. The third-order valence-electron chi connectivity index (χ3n) is 1.17. The third-order valence-corrected chi connectivity index (χ3v) is 1.85. The maximum Gasteiger partial charge on any atom is 0.328 e. The molecule has 5 heteroatoms. The second-order valence-electron chi connectivity index (χ2n) is 2.17. The predicted octanol–water partition coefficient (Wildman–Crippen LogP) is 1.33. The summed E-state index contributed by atoms with van der Waals surface area (Å²) in [5, 5.41) is 14.3. The number of thiophene rings is 1. The Bertz CT molecular complexity index is 329. The molecule has 0 saturated carbocycles. The van der Waals surface area contributed by atoms with Gasteiger partial charge in [-0.05, 0) is 11.4 Å². The van der Waals surface area contributed by atoms with Crippen molar-refractivity contribution in [2.24, 2.45) is 0 Å². The molecule has 1 aromatic heterocycles. The van der Waals surface area contributed by atoms with Crippen molar-refractivity contribution in [2.75, 3.05) is 5.32 Å². The van der Waals surface area contributed by atoms with E-state index in [9.17, 15) is 9.59 Å². The quantitative estimate of drug-likeness (QED) is 0.718. The lowest BCUT2D eigenvalue weighted by Crippen LogP contribution is -2.07. The number of carboxylic acids is 1. The Balaban J connectivity index is 2.47. The Kier molecular flexibility index (Phi) is 3.22. The molecular weight excluding hydrogens is 190 g/mol. The van der Waals surface area contributed by atoms with Crippen LogP contribution >= 0.6 is 11.3 Å². The molecule has 2 N–H and O–H groups in total. The number of hydrogen-bond acceptors (Lipinski definition) is 3. The van der Waals surface area contributed by atoms with E-state index >= 15 is 0 Å². The first-order valence-electron chi connectivity index (χ1n) is 3.42. The van der Waals surface area contributed by atoms with Gasteiger partial charge in [-0.15, -0.1) is 0 Å². The molecule has 68 valence electrons. The van der Waals surface area contributed by atoms with Crippen LogP contribution < -0.4 is 5.32 Å². The van der Waals surface area contributed by atoms with Crippen molar-refractivity contribution in [1.82, 2.24) is 0 Å². The lowest BCUT2D eigenvalue weighted by atomic mass is 10.4. The van der Waals surface area contributed by atoms with Gasteiger partial charge in [0.05, 0.1) is 5.69 Å². The highest BCUT2D eigenvalue weighted by Gasteiger charge is 1.97. The van der Waals surface area contributed by atoms with Gasteiger partial charge >= 0.3 is 5.97 Å². The summed E-state index contributed by atoms with van der Waals surface area (Å²) in [6, 6.07) is 1.73.